The topological polar surface area (TPSA) is 45.0 Å². The van der Waals surface area contributed by atoms with E-state index < -0.39 is 0 Å². The standard InChI is InChI=1S/C10H20N2O/c1-10(2)9-13-8-7-12-6-4-3-5-11/h10,12H,3-4,6-9H2,1-2H3. The molecule has 0 rings (SSSR count). The number of unbranched alkanes of at least 4 members (excludes halogenated alkanes) is 1. The molecular weight excluding hydrogens is 164 g/mol. The zero-order valence-corrected chi connectivity index (χ0v) is 8.68. The van der Waals surface area contributed by atoms with Crippen LogP contribution >= 0.6 is 0 Å². The molecule has 0 radical (unpaired) electrons. The van der Waals surface area contributed by atoms with Crippen molar-refractivity contribution in [3.05, 3.63) is 0 Å². The molecule has 0 aromatic heterocycles. The van der Waals surface area contributed by atoms with Crippen LogP contribution in [0, 0.1) is 17.2 Å². The first kappa shape index (κ1) is 12.4. The van der Waals surface area contributed by atoms with Gasteiger partial charge >= 0.3 is 0 Å². The minimum absolute atomic E-state index is 0.610. The van der Waals surface area contributed by atoms with E-state index in [9.17, 15) is 0 Å². The molecule has 0 saturated heterocycles. The van der Waals surface area contributed by atoms with E-state index in [1.54, 1.807) is 0 Å². The fourth-order valence-corrected chi connectivity index (χ4v) is 0.881. The van der Waals surface area contributed by atoms with Crippen molar-refractivity contribution in [1.82, 2.24) is 5.32 Å². The van der Waals surface area contributed by atoms with Gasteiger partial charge in [0.2, 0.25) is 0 Å². The molecule has 3 nitrogen and oxygen atoms in total. The number of nitrogens with zero attached hydrogens (tertiary/aromatic N) is 1. The second-order valence-electron chi connectivity index (χ2n) is 3.48. The van der Waals surface area contributed by atoms with Gasteiger partial charge in [0.05, 0.1) is 12.7 Å². The van der Waals surface area contributed by atoms with Gasteiger partial charge in [-0.3, -0.25) is 0 Å². The summed E-state index contributed by atoms with van der Waals surface area (Å²) in [6, 6.07) is 2.11. The quantitative estimate of drug-likeness (QED) is 0.582. The van der Waals surface area contributed by atoms with Crippen molar-refractivity contribution in [3.63, 3.8) is 0 Å². The van der Waals surface area contributed by atoms with E-state index in [-0.39, 0.29) is 0 Å². The Balaban J connectivity index is 2.88. The molecule has 0 aliphatic rings. The Morgan fingerprint density at radius 2 is 2.15 bits per heavy atom. The van der Waals surface area contributed by atoms with Crippen LogP contribution in [-0.2, 0) is 4.74 Å². The van der Waals surface area contributed by atoms with Crippen LogP contribution in [0.4, 0.5) is 0 Å². The predicted molar refractivity (Wildman–Crippen MR) is 53.4 cm³/mol. The minimum atomic E-state index is 0.610. The van der Waals surface area contributed by atoms with Crippen LogP contribution in [0.5, 0.6) is 0 Å². The number of nitrogens with one attached hydrogen (secondary N) is 1. The van der Waals surface area contributed by atoms with Crippen LogP contribution in [0.3, 0.4) is 0 Å². The summed E-state index contributed by atoms with van der Waals surface area (Å²) in [6.07, 6.45) is 1.57. The van der Waals surface area contributed by atoms with Crippen molar-refractivity contribution in [1.29, 1.82) is 5.26 Å². The summed E-state index contributed by atoms with van der Waals surface area (Å²) in [7, 11) is 0. The van der Waals surface area contributed by atoms with Crippen molar-refractivity contribution >= 4 is 0 Å². The van der Waals surface area contributed by atoms with Crippen molar-refractivity contribution in [2.75, 3.05) is 26.3 Å². The summed E-state index contributed by atoms with van der Waals surface area (Å²) in [6.45, 7) is 7.68. The van der Waals surface area contributed by atoms with Crippen LogP contribution in [0.25, 0.3) is 0 Å². The monoisotopic (exact) mass is 184 g/mol. The second kappa shape index (κ2) is 9.50. The molecule has 0 aromatic carbocycles. The van der Waals surface area contributed by atoms with Crippen molar-refractivity contribution in [2.45, 2.75) is 26.7 Å². The van der Waals surface area contributed by atoms with Gasteiger partial charge in [0.15, 0.2) is 0 Å². The Bertz CT molecular complexity index is 140. The SMILES string of the molecule is CC(C)COCCNCCCC#N. The molecule has 0 aromatic rings. The van der Waals surface area contributed by atoms with Crippen molar-refractivity contribution in [2.24, 2.45) is 5.92 Å². The molecule has 3 heteroatoms. The molecule has 0 saturated carbocycles. The minimum Gasteiger partial charge on any atom is -0.380 e. The first-order chi connectivity index (χ1) is 6.27. The van der Waals surface area contributed by atoms with Gasteiger partial charge in [0.25, 0.3) is 0 Å². The smallest absolute Gasteiger partial charge is 0.0622 e. The lowest BCUT2D eigenvalue weighted by Gasteiger charge is -2.07. The highest BCUT2D eigenvalue weighted by molar-refractivity contribution is 4.68. The fourth-order valence-electron chi connectivity index (χ4n) is 0.881. The summed E-state index contributed by atoms with van der Waals surface area (Å²) < 4.78 is 5.37. The summed E-state index contributed by atoms with van der Waals surface area (Å²) in [5, 5.41) is 11.5. The van der Waals surface area contributed by atoms with E-state index in [0.717, 1.165) is 32.7 Å². The van der Waals surface area contributed by atoms with Gasteiger partial charge in [-0.1, -0.05) is 13.8 Å². The molecule has 13 heavy (non-hydrogen) atoms. The lowest BCUT2D eigenvalue weighted by Crippen LogP contribution is -2.21. The molecule has 0 atom stereocenters. The molecule has 0 aliphatic carbocycles. The van der Waals surface area contributed by atoms with Crippen molar-refractivity contribution < 1.29 is 4.74 Å². The van der Waals surface area contributed by atoms with E-state index in [2.05, 4.69) is 25.2 Å². The number of ether oxygens (including phenoxy) is 1. The fraction of sp³-hybridized carbons (Fsp3) is 0.900. The molecule has 0 aliphatic heterocycles. The molecule has 0 amide bonds. The van der Waals surface area contributed by atoms with E-state index in [1.807, 2.05) is 0 Å². The molecule has 0 heterocycles. The summed E-state index contributed by atoms with van der Waals surface area (Å²) in [5.41, 5.74) is 0. The Morgan fingerprint density at radius 3 is 2.77 bits per heavy atom. The largest absolute Gasteiger partial charge is 0.380 e. The average molecular weight is 184 g/mol. The molecular formula is C10H20N2O. The number of hydrogen-bond acceptors (Lipinski definition) is 3. The highest BCUT2D eigenvalue weighted by Gasteiger charge is 1.92. The first-order valence-corrected chi connectivity index (χ1v) is 4.92. The number of rotatable bonds is 8. The maximum atomic E-state index is 8.27. The molecule has 0 fully saturated rings. The zero-order valence-electron chi connectivity index (χ0n) is 8.68. The summed E-state index contributed by atoms with van der Waals surface area (Å²) >= 11 is 0. The van der Waals surface area contributed by atoms with E-state index in [4.69, 9.17) is 10.00 Å². The lowest BCUT2D eigenvalue weighted by molar-refractivity contribution is 0.112. The van der Waals surface area contributed by atoms with Crippen LogP contribution in [-0.4, -0.2) is 26.3 Å². The van der Waals surface area contributed by atoms with Gasteiger partial charge in [0, 0.05) is 19.6 Å². The summed E-state index contributed by atoms with van der Waals surface area (Å²) in [4.78, 5) is 0. The van der Waals surface area contributed by atoms with E-state index in [1.165, 1.54) is 0 Å². The Hall–Kier alpha value is -0.590. The van der Waals surface area contributed by atoms with Gasteiger partial charge in [-0.15, -0.1) is 0 Å². The van der Waals surface area contributed by atoms with Gasteiger partial charge in [0.1, 0.15) is 0 Å². The lowest BCUT2D eigenvalue weighted by atomic mass is 10.2. The first-order valence-electron chi connectivity index (χ1n) is 4.92. The second-order valence-corrected chi connectivity index (χ2v) is 3.48. The third-order valence-electron chi connectivity index (χ3n) is 1.52. The van der Waals surface area contributed by atoms with Gasteiger partial charge in [-0.25, -0.2) is 0 Å². The normalized spacial score (nSPS) is 10.3. The van der Waals surface area contributed by atoms with Crippen LogP contribution < -0.4 is 5.32 Å². The molecule has 0 bridgehead atoms. The van der Waals surface area contributed by atoms with Crippen LogP contribution in [0.15, 0.2) is 0 Å². The maximum absolute atomic E-state index is 8.27. The van der Waals surface area contributed by atoms with Crippen LogP contribution in [0.2, 0.25) is 0 Å². The number of hydrogen-bond donors (Lipinski definition) is 1. The predicted octanol–water partition coefficient (Wildman–Crippen LogP) is 1.55. The molecule has 0 unspecified atom stereocenters. The molecule has 76 valence electrons. The van der Waals surface area contributed by atoms with E-state index in [0.29, 0.717) is 12.3 Å². The third-order valence-corrected chi connectivity index (χ3v) is 1.52. The van der Waals surface area contributed by atoms with Crippen molar-refractivity contribution in [3.8, 4) is 6.07 Å². The Labute approximate surface area is 81.1 Å². The van der Waals surface area contributed by atoms with Gasteiger partial charge < -0.3 is 10.1 Å². The third kappa shape index (κ3) is 11.4. The van der Waals surface area contributed by atoms with E-state index >= 15 is 0 Å². The van der Waals surface area contributed by atoms with Gasteiger partial charge in [-0.05, 0) is 18.9 Å². The molecule has 0 spiro atoms. The Morgan fingerprint density at radius 1 is 1.38 bits per heavy atom. The highest BCUT2D eigenvalue weighted by Crippen LogP contribution is 1.91. The van der Waals surface area contributed by atoms with Crippen LogP contribution in [0.1, 0.15) is 26.7 Å². The zero-order chi connectivity index (χ0) is 9.94. The maximum Gasteiger partial charge on any atom is 0.0622 e. The number of nitriles is 1. The average Bonchev–Trinajstić information content (AvgIpc) is 2.09. The summed E-state index contributed by atoms with van der Waals surface area (Å²) in [5.74, 6) is 0.610. The Kier molecular flexibility index (Phi) is 9.07. The highest BCUT2D eigenvalue weighted by atomic mass is 16.5. The van der Waals surface area contributed by atoms with Gasteiger partial charge in [-0.2, -0.15) is 5.26 Å². The molecule has 1 N–H and O–H groups in total.